The number of nitrogens with one attached hydrogen (secondary N) is 1. The summed E-state index contributed by atoms with van der Waals surface area (Å²) in [7, 11) is 1.66. The number of carbonyl (C=O) groups excluding carboxylic acids is 1. The van der Waals surface area contributed by atoms with Crippen molar-refractivity contribution in [3.63, 3.8) is 0 Å². The minimum Gasteiger partial charge on any atom is -0.496 e. The van der Waals surface area contributed by atoms with Crippen LogP contribution < -0.4 is 10.1 Å². The van der Waals surface area contributed by atoms with Crippen molar-refractivity contribution in [2.24, 2.45) is 5.92 Å². The van der Waals surface area contributed by atoms with Crippen molar-refractivity contribution in [1.29, 1.82) is 0 Å². The lowest BCUT2D eigenvalue weighted by Gasteiger charge is -2.26. The molecule has 3 rings (SSSR count). The molecule has 4 heteroatoms. The summed E-state index contributed by atoms with van der Waals surface area (Å²) >= 11 is 0. The number of para-hydroxylation sites is 1. The molecule has 0 saturated heterocycles. The van der Waals surface area contributed by atoms with Gasteiger partial charge in [-0.3, -0.25) is 9.69 Å². The van der Waals surface area contributed by atoms with E-state index in [2.05, 4.69) is 43.1 Å². The molecule has 0 aromatic heterocycles. The maximum Gasteiger partial charge on any atom is 0.224 e. The molecule has 144 valence electrons. The summed E-state index contributed by atoms with van der Waals surface area (Å²) in [5, 5.41) is 3.05. The van der Waals surface area contributed by atoms with Crippen molar-refractivity contribution < 1.29 is 9.53 Å². The van der Waals surface area contributed by atoms with E-state index in [1.165, 1.54) is 11.1 Å². The highest BCUT2D eigenvalue weighted by Gasteiger charge is 2.25. The first kappa shape index (κ1) is 19.4. The van der Waals surface area contributed by atoms with E-state index in [9.17, 15) is 4.79 Å². The Bertz CT molecular complexity index is 801. The molecule has 1 amide bonds. The molecular weight excluding hydrogens is 336 g/mol. The van der Waals surface area contributed by atoms with Crippen LogP contribution in [0.3, 0.4) is 0 Å². The average molecular weight is 367 g/mol. The van der Waals surface area contributed by atoms with Crippen LogP contribution in [0.5, 0.6) is 5.75 Å². The third-order valence-corrected chi connectivity index (χ3v) is 5.59. The van der Waals surface area contributed by atoms with Crippen molar-refractivity contribution >= 4 is 11.6 Å². The average Bonchev–Trinajstić information content (AvgIpc) is 3.09. The third-order valence-electron chi connectivity index (χ3n) is 5.59. The number of hydrogen-bond donors (Lipinski definition) is 1. The number of hydrogen-bond acceptors (Lipinski definition) is 3. The van der Waals surface area contributed by atoms with Gasteiger partial charge in [0.2, 0.25) is 5.91 Å². The van der Waals surface area contributed by atoms with Crippen molar-refractivity contribution in [3.8, 4) is 5.75 Å². The molecule has 1 heterocycles. The highest BCUT2D eigenvalue weighted by molar-refractivity contribution is 5.91. The van der Waals surface area contributed by atoms with Crippen LogP contribution in [0.15, 0.2) is 42.5 Å². The van der Waals surface area contributed by atoms with Crippen LogP contribution in [0, 0.1) is 5.92 Å². The van der Waals surface area contributed by atoms with E-state index in [0.717, 1.165) is 30.1 Å². The number of amides is 1. The quantitative estimate of drug-likeness (QED) is 0.777. The van der Waals surface area contributed by atoms with Gasteiger partial charge >= 0.3 is 0 Å². The van der Waals surface area contributed by atoms with Gasteiger partial charge in [0.05, 0.1) is 7.11 Å². The molecule has 27 heavy (non-hydrogen) atoms. The van der Waals surface area contributed by atoms with Gasteiger partial charge in [0.1, 0.15) is 5.75 Å². The zero-order valence-electron chi connectivity index (χ0n) is 16.8. The van der Waals surface area contributed by atoms with Crippen molar-refractivity contribution in [2.75, 3.05) is 12.4 Å². The standard InChI is InChI=1S/C23H30N2O2/c1-16(2)17(3)25-14-19-9-11-21(13-20(19)15-25)24-23(26)12-10-18-7-5-6-8-22(18)27-4/h5-9,11,13,16-17H,10,12,14-15H2,1-4H3,(H,24,26)/t17-/m1/s1. The molecule has 0 unspecified atom stereocenters. The number of anilines is 1. The first-order valence-electron chi connectivity index (χ1n) is 9.75. The first-order valence-corrected chi connectivity index (χ1v) is 9.75. The minimum atomic E-state index is 0.0336. The lowest BCUT2D eigenvalue weighted by molar-refractivity contribution is -0.116. The summed E-state index contributed by atoms with van der Waals surface area (Å²) in [6, 6.07) is 14.7. The Hall–Kier alpha value is -2.33. The molecule has 2 aromatic rings. The minimum absolute atomic E-state index is 0.0336. The number of aryl methyl sites for hydroxylation is 1. The van der Waals surface area contributed by atoms with Gasteiger partial charge in [-0.25, -0.2) is 0 Å². The van der Waals surface area contributed by atoms with Crippen LogP contribution in [0.4, 0.5) is 5.69 Å². The van der Waals surface area contributed by atoms with Gasteiger partial charge in [0.15, 0.2) is 0 Å². The molecule has 1 aliphatic rings. The van der Waals surface area contributed by atoms with Gasteiger partial charge in [-0.1, -0.05) is 38.1 Å². The molecule has 2 aromatic carbocycles. The van der Waals surface area contributed by atoms with Crippen LogP contribution in [-0.2, 0) is 24.3 Å². The lowest BCUT2D eigenvalue weighted by atomic mass is 10.1. The Labute approximate surface area is 162 Å². The summed E-state index contributed by atoms with van der Waals surface area (Å²) in [5.74, 6) is 1.50. The van der Waals surface area contributed by atoms with Gasteiger partial charge < -0.3 is 10.1 Å². The van der Waals surface area contributed by atoms with Gasteiger partial charge in [0.25, 0.3) is 0 Å². The van der Waals surface area contributed by atoms with E-state index in [0.29, 0.717) is 24.8 Å². The Kier molecular flexibility index (Phi) is 6.17. The highest BCUT2D eigenvalue weighted by atomic mass is 16.5. The maximum absolute atomic E-state index is 12.4. The molecular formula is C23H30N2O2. The largest absolute Gasteiger partial charge is 0.496 e. The monoisotopic (exact) mass is 366 g/mol. The second-order valence-corrected chi connectivity index (χ2v) is 7.73. The molecule has 0 bridgehead atoms. The number of rotatable bonds is 7. The predicted molar refractivity (Wildman–Crippen MR) is 110 cm³/mol. The van der Waals surface area contributed by atoms with Gasteiger partial charge in [-0.05, 0) is 54.2 Å². The second kappa shape index (κ2) is 8.57. The molecule has 1 aliphatic heterocycles. The molecule has 0 fully saturated rings. The summed E-state index contributed by atoms with van der Waals surface area (Å²) in [6.07, 6.45) is 1.11. The molecule has 4 nitrogen and oxygen atoms in total. The van der Waals surface area contributed by atoms with Crippen LogP contribution in [0.1, 0.15) is 43.9 Å². The van der Waals surface area contributed by atoms with Crippen LogP contribution in [0.2, 0.25) is 0 Å². The molecule has 1 atom stereocenters. The molecule has 0 radical (unpaired) electrons. The molecule has 0 saturated carbocycles. The molecule has 0 spiro atoms. The van der Waals surface area contributed by atoms with Crippen molar-refractivity contribution in [2.45, 2.75) is 52.7 Å². The summed E-state index contributed by atoms with van der Waals surface area (Å²) < 4.78 is 5.36. The number of benzene rings is 2. The predicted octanol–water partition coefficient (Wildman–Crippen LogP) is 4.63. The topological polar surface area (TPSA) is 41.6 Å². The number of ether oxygens (including phenoxy) is 1. The lowest BCUT2D eigenvalue weighted by Crippen LogP contribution is -2.32. The fourth-order valence-electron chi connectivity index (χ4n) is 3.59. The number of nitrogens with zero attached hydrogens (tertiary/aromatic N) is 1. The Morgan fingerprint density at radius 2 is 1.85 bits per heavy atom. The zero-order valence-corrected chi connectivity index (χ0v) is 16.8. The highest BCUT2D eigenvalue weighted by Crippen LogP contribution is 2.29. The van der Waals surface area contributed by atoms with Crippen LogP contribution >= 0.6 is 0 Å². The number of carbonyl (C=O) groups is 1. The Morgan fingerprint density at radius 3 is 2.59 bits per heavy atom. The van der Waals surface area contributed by atoms with E-state index in [1.807, 2.05) is 30.3 Å². The Balaban J connectivity index is 1.58. The van der Waals surface area contributed by atoms with Crippen LogP contribution in [-0.4, -0.2) is 24.0 Å². The van der Waals surface area contributed by atoms with E-state index < -0.39 is 0 Å². The van der Waals surface area contributed by atoms with Crippen molar-refractivity contribution in [3.05, 3.63) is 59.2 Å². The van der Waals surface area contributed by atoms with Crippen LogP contribution in [0.25, 0.3) is 0 Å². The fraction of sp³-hybridized carbons (Fsp3) is 0.435. The van der Waals surface area contributed by atoms with E-state index in [4.69, 9.17) is 4.74 Å². The Morgan fingerprint density at radius 1 is 1.11 bits per heavy atom. The maximum atomic E-state index is 12.4. The summed E-state index contributed by atoms with van der Waals surface area (Å²) in [4.78, 5) is 14.9. The van der Waals surface area contributed by atoms with Gasteiger partial charge in [-0.2, -0.15) is 0 Å². The fourth-order valence-corrected chi connectivity index (χ4v) is 3.59. The van der Waals surface area contributed by atoms with Crippen molar-refractivity contribution in [1.82, 2.24) is 4.90 Å². The molecule has 1 N–H and O–H groups in total. The smallest absolute Gasteiger partial charge is 0.224 e. The normalized spacial score (nSPS) is 14.9. The van der Waals surface area contributed by atoms with E-state index in [1.54, 1.807) is 7.11 Å². The number of fused-ring (bicyclic) bond motifs is 1. The molecule has 0 aliphatic carbocycles. The SMILES string of the molecule is COc1ccccc1CCC(=O)Nc1ccc2c(c1)CN([C@H](C)C(C)C)C2. The third kappa shape index (κ3) is 4.69. The summed E-state index contributed by atoms with van der Waals surface area (Å²) in [5.41, 5.74) is 4.64. The van der Waals surface area contributed by atoms with Gasteiger partial charge in [0, 0.05) is 31.2 Å². The summed E-state index contributed by atoms with van der Waals surface area (Å²) in [6.45, 7) is 8.77. The second-order valence-electron chi connectivity index (χ2n) is 7.73. The first-order chi connectivity index (χ1) is 13.0. The van der Waals surface area contributed by atoms with E-state index in [-0.39, 0.29) is 5.91 Å². The number of methoxy groups -OCH3 is 1. The van der Waals surface area contributed by atoms with E-state index >= 15 is 0 Å². The van der Waals surface area contributed by atoms with Gasteiger partial charge in [-0.15, -0.1) is 0 Å². The zero-order chi connectivity index (χ0) is 19.4.